The molecule has 0 aromatic heterocycles. The average Bonchev–Trinajstić information content (AvgIpc) is 2.28. The molecule has 0 aliphatic carbocycles. The molecule has 0 bridgehead atoms. The quantitative estimate of drug-likeness (QED) is 0.738. The van der Waals surface area contributed by atoms with Gasteiger partial charge in [-0.3, -0.25) is 14.4 Å². The van der Waals surface area contributed by atoms with Gasteiger partial charge < -0.3 is 15.7 Å². The minimum Gasteiger partial charge on any atom is -0.480 e. The van der Waals surface area contributed by atoms with E-state index >= 15 is 0 Å². The molecule has 0 radical (unpaired) electrons. The van der Waals surface area contributed by atoms with Crippen LogP contribution in [0, 0.1) is 0 Å². The van der Waals surface area contributed by atoms with Gasteiger partial charge in [-0.15, -0.1) is 0 Å². The van der Waals surface area contributed by atoms with E-state index in [0.717, 1.165) is 0 Å². The van der Waals surface area contributed by atoms with Crippen molar-refractivity contribution in [2.75, 3.05) is 5.32 Å². The summed E-state index contributed by atoms with van der Waals surface area (Å²) in [6.45, 7) is 2.69. The van der Waals surface area contributed by atoms with Crippen LogP contribution < -0.4 is 10.6 Å². The van der Waals surface area contributed by atoms with E-state index in [2.05, 4.69) is 10.6 Å². The van der Waals surface area contributed by atoms with Gasteiger partial charge >= 0.3 is 5.97 Å². The Morgan fingerprint density at radius 3 is 2.39 bits per heavy atom. The van der Waals surface area contributed by atoms with Gasteiger partial charge in [0.2, 0.25) is 5.91 Å². The van der Waals surface area contributed by atoms with Crippen LogP contribution in [0.25, 0.3) is 0 Å². The molecule has 0 unspecified atom stereocenters. The third-order valence-electron chi connectivity index (χ3n) is 2.20. The van der Waals surface area contributed by atoms with E-state index in [-0.39, 0.29) is 11.5 Å². The van der Waals surface area contributed by atoms with Gasteiger partial charge in [-0.1, -0.05) is 12.1 Å². The van der Waals surface area contributed by atoms with Crippen molar-refractivity contribution >= 4 is 23.5 Å². The van der Waals surface area contributed by atoms with E-state index in [1.807, 2.05) is 0 Å². The first kappa shape index (κ1) is 13.7. The summed E-state index contributed by atoms with van der Waals surface area (Å²) in [5.74, 6) is -1.98. The fraction of sp³-hybridized carbons (Fsp3) is 0.250. The van der Waals surface area contributed by atoms with Gasteiger partial charge in [-0.25, -0.2) is 0 Å². The number of benzene rings is 1. The molecular formula is C12H14N2O4. The lowest BCUT2D eigenvalue weighted by Gasteiger charge is -2.12. The lowest BCUT2D eigenvalue weighted by molar-refractivity contribution is -0.138. The van der Waals surface area contributed by atoms with Crippen molar-refractivity contribution in [3.8, 4) is 0 Å². The van der Waals surface area contributed by atoms with Crippen LogP contribution in [0.4, 0.5) is 5.69 Å². The van der Waals surface area contributed by atoms with Crippen LogP contribution in [-0.2, 0) is 9.59 Å². The summed E-state index contributed by atoms with van der Waals surface area (Å²) in [6.07, 6.45) is 0. The van der Waals surface area contributed by atoms with Gasteiger partial charge in [0, 0.05) is 6.92 Å². The highest BCUT2D eigenvalue weighted by molar-refractivity contribution is 6.04. The number of para-hydroxylation sites is 1. The van der Waals surface area contributed by atoms with Crippen LogP contribution in [0.3, 0.4) is 0 Å². The van der Waals surface area contributed by atoms with Crippen LogP contribution in [-0.4, -0.2) is 28.9 Å². The summed E-state index contributed by atoms with van der Waals surface area (Å²) in [5, 5.41) is 13.5. The molecule has 0 fully saturated rings. The van der Waals surface area contributed by atoms with Gasteiger partial charge in [0.25, 0.3) is 5.91 Å². The Kier molecular flexibility index (Phi) is 4.42. The topological polar surface area (TPSA) is 95.5 Å². The second-order valence-electron chi connectivity index (χ2n) is 3.76. The third-order valence-corrected chi connectivity index (χ3v) is 2.20. The Bertz CT molecular complexity index is 485. The maximum Gasteiger partial charge on any atom is 0.325 e. The number of carbonyl (C=O) groups is 3. The molecule has 18 heavy (non-hydrogen) atoms. The molecule has 6 heteroatoms. The van der Waals surface area contributed by atoms with Crippen molar-refractivity contribution in [3.05, 3.63) is 29.8 Å². The second-order valence-corrected chi connectivity index (χ2v) is 3.76. The van der Waals surface area contributed by atoms with Crippen molar-refractivity contribution in [1.29, 1.82) is 0 Å². The zero-order valence-electron chi connectivity index (χ0n) is 10.1. The molecule has 0 saturated heterocycles. The molecule has 2 amide bonds. The van der Waals surface area contributed by atoms with Crippen molar-refractivity contribution in [2.24, 2.45) is 0 Å². The summed E-state index contributed by atoms with van der Waals surface area (Å²) in [7, 11) is 0. The van der Waals surface area contributed by atoms with Gasteiger partial charge in [0.15, 0.2) is 0 Å². The Labute approximate surface area is 104 Å². The number of amides is 2. The number of carbonyl (C=O) groups excluding carboxylic acids is 2. The number of carboxylic acids is 1. The first-order valence-corrected chi connectivity index (χ1v) is 5.32. The number of rotatable bonds is 4. The minimum atomic E-state index is -1.12. The molecule has 0 heterocycles. The van der Waals surface area contributed by atoms with Gasteiger partial charge in [0.05, 0.1) is 11.3 Å². The summed E-state index contributed by atoms with van der Waals surface area (Å²) >= 11 is 0. The predicted molar refractivity (Wildman–Crippen MR) is 65.3 cm³/mol. The minimum absolute atomic E-state index is 0.223. The summed E-state index contributed by atoms with van der Waals surface area (Å²) in [5.41, 5.74) is 0.570. The number of hydrogen-bond acceptors (Lipinski definition) is 3. The monoisotopic (exact) mass is 250 g/mol. The molecule has 6 nitrogen and oxygen atoms in total. The molecule has 3 N–H and O–H groups in total. The van der Waals surface area contributed by atoms with Gasteiger partial charge in [-0.05, 0) is 19.1 Å². The first-order chi connectivity index (χ1) is 8.41. The molecule has 96 valence electrons. The highest BCUT2D eigenvalue weighted by Gasteiger charge is 2.17. The van der Waals surface area contributed by atoms with Crippen molar-refractivity contribution < 1.29 is 19.5 Å². The Morgan fingerprint density at radius 1 is 1.22 bits per heavy atom. The fourth-order valence-corrected chi connectivity index (χ4v) is 1.32. The van der Waals surface area contributed by atoms with Crippen LogP contribution in [0.15, 0.2) is 24.3 Å². The molecule has 1 aromatic rings. The normalized spacial score (nSPS) is 11.4. The van der Waals surface area contributed by atoms with E-state index in [1.165, 1.54) is 19.9 Å². The highest BCUT2D eigenvalue weighted by atomic mass is 16.4. The number of aliphatic carboxylic acids is 1. The summed E-state index contributed by atoms with van der Waals surface area (Å²) in [4.78, 5) is 33.5. The standard InChI is InChI=1S/C12H14N2O4/c1-7(12(17)18)13-11(16)9-5-3-4-6-10(9)14-8(2)15/h3-7H,1-2H3,(H,13,16)(H,14,15)(H,17,18)/t7-/m0/s1. The van der Waals surface area contributed by atoms with E-state index in [9.17, 15) is 14.4 Å². The molecule has 0 aliphatic heterocycles. The van der Waals surface area contributed by atoms with Crippen LogP contribution >= 0.6 is 0 Å². The van der Waals surface area contributed by atoms with E-state index < -0.39 is 17.9 Å². The number of anilines is 1. The first-order valence-electron chi connectivity index (χ1n) is 5.32. The van der Waals surface area contributed by atoms with E-state index in [4.69, 9.17) is 5.11 Å². The number of nitrogens with one attached hydrogen (secondary N) is 2. The largest absolute Gasteiger partial charge is 0.480 e. The Balaban J connectivity index is 2.91. The molecule has 0 saturated carbocycles. The molecule has 0 spiro atoms. The van der Waals surface area contributed by atoms with Crippen LogP contribution in [0.5, 0.6) is 0 Å². The Morgan fingerprint density at radius 2 is 1.83 bits per heavy atom. The molecule has 1 atom stereocenters. The van der Waals surface area contributed by atoms with E-state index in [0.29, 0.717) is 5.69 Å². The lowest BCUT2D eigenvalue weighted by atomic mass is 10.1. The van der Waals surface area contributed by atoms with Crippen molar-refractivity contribution in [1.82, 2.24) is 5.32 Å². The van der Waals surface area contributed by atoms with E-state index in [1.54, 1.807) is 18.2 Å². The van der Waals surface area contributed by atoms with Gasteiger partial charge in [-0.2, -0.15) is 0 Å². The zero-order chi connectivity index (χ0) is 13.7. The third kappa shape index (κ3) is 3.58. The maximum atomic E-state index is 11.8. The Hall–Kier alpha value is -2.37. The molecular weight excluding hydrogens is 236 g/mol. The smallest absolute Gasteiger partial charge is 0.325 e. The molecule has 1 aromatic carbocycles. The molecule has 1 rings (SSSR count). The zero-order valence-corrected chi connectivity index (χ0v) is 10.1. The van der Waals surface area contributed by atoms with Crippen LogP contribution in [0.2, 0.25) is 0 Å². The number of hydrogen-bond donors (Lipinski definition) is 3. The predicted octanol–water partition coefficient (Wildman–Crippen LogP) is 0.848. The van der Waals surface area contributed by atoms with Crippen molar-refractivity contribution in [3.63, 3.8) is 0 Å². The lowest BCUT2D eigenvalue weighted by Crippen LogP contribution is -2.38. The summed E-state index contributed by atoms with van der Waals surface area (Å²) < 4.78 is 0. The second kappa shape index (κ2) is 5.81. The van der Waals surface area contributed by atoms with Crippen LogP contribution in [0.1, 0.15) is 24.2 Å². The highest BCUT2D eigenvalue weighted by Crippen LogP contribution is 2.14. The average molecular weight is 250 g/mol. The maximum absolute atomic E-state index is 11.8. The van der Waals surface area contributed by atoms with Gasteiger partial charge in [0.1, 0.15) is 6.04 Å². The molecule has 0 aliphatic rings. The SMILES string of the molecule is CC(=O)Nc1ccccc1C(=O)N[C@@H](C)C(=O)O. The number of carboxylic acid groups (broad SMARTS) is 1. The summed E-state index contributed by atoms with van der Waals surface area (Å²) in [6, 6.07) is 5.38. The van der Waals surface area contributed by atoms with Crippen molar-refractivity contribution in [2.45, 2.75) is 19.9 Å². The fourth-order valence-electron chi connectivity index (χ4n) is 1.32.